The molecule has 0 unspecified atom stereocenters. The van der Waals surface area contributed by atoms with E-state index >= 15 is 0 Å². The molecule has 1 amide bonds. The number of rotatable bonds is 7. The van der Waals surface area contributed by atoms with Crippen LogP contribution in [0, 0.1) is 10.1 Å². The number of phenols is 1. The first-order valence-electron chi connectivity index (χ1n) is 7.50. The molecule has 2 rings (SSSR count). The summed E-state index contributed by atoms with van der Waals surface area (Å²) >= 11 is 0. The fourth-order valence-electron chi connectivity index (χ4n) is 2.02. The number of nitrogens with one attached hydrogen (secondary N) is 1. The van der Waals surface area contributed by atoms with Crippen LogP contribution in [0.5, 0.6) is 11.5 Å². The van der Waals surface area contributed by atoms with E-state index in [0.717, 1.165) is 0 Å². The minimum absolute atomic E-state index is 0.0281. The smallest absolute Gasteiger partial charge is 0.269 e. The van der Waals surface area contributed by atoms with Crippen LogP contribution in [0.15, 0.2) is 47.6 Å². The second-order valence-electron chi connectivity index (χ2n) is 5.05. The van der Waals surface area contributed by atoms with Crippen LogP contribution in [0.1, 0.15) is 18.1 Å². The summed E-state index contributed by atoms with van der Waals surface area (Å²) in [5.74, 6) is 0.0128. The Morgan fingerprint density at radius 2 is 2.04 bits per heavy atom. The van der Waals surface area contributed by atoms with Crippen molar-refractivity contribution >= 4 is 17.8 Å². The number of nitro groups is 1. The van der Waals surface area contributed by atoms with Crippen molar-refractivity contribution in [2.45, 2.75) is 13.3 Å². The topological polar surface area (TPSA) is 114 Å². The molecule has 2 aromatic carbocycles. The molecule has 0 bridgehead atoms. The first-order chi connectivity index (χ1) is 12.0. The maximum atomic E-state index is 11.8. The molecule has 8 heteroatoms. The van der Waals surface area contributed by atoms with Crippen LogP contribution in [0.4, 0.5) is 5.69 Å². The fraction of sp³-hybridized carbons (Fsp3) is 0.176. The van der Waals surface area contributed by atoms with E-state index in [1.54, 1.807) is 19.1 Å². The van der Waals surface area contributed by atoms with Crippen LogP contribution in [0.3, 0.4) is 0 Å². The van der Waals surface area contributed by atoms with Crippen LogP contribution in [-0.2, 0) is 11.2 Å². The van der Waals surface area contributed by atoms with Gasteiger partial charge in [-0.05, 0) is 36.2 Å². The molecule has 0 aromatic heterocycles. The molecule has 25 heavy (non-hydrogen) atoms. The predicted octanol–water partition coefficient (Wildman–Crippen LogP) is 2.39. The number of non-ortho nitro benzene ring substituents is 1. The third-order valence-corrected chi connectivity index (χ3v) is 3.20. The Hall–Kier alpha value is -3.42. The molecule has 0 saturated heterocycles. The third-order valence-electron chi connectivity index (χ3n) is 3.20. The number of carbonyl (C=O) groups excluding carboxylic acids is 1. The lowest BCUT2D eigenvalue weighted by Crippen LogP contribution is -2.19. The van der Waals surface area contributed by atoms with Gasteiger partial charge in [0, 0.05) is 12.1 Å². The number of hydrogen-bond donors (Lipinski definition) is 2. The first-order valence-corrected chi connectivity index (χ1v) is 7.50. The van der Waals surface area contributed by atoms with Crippen LogP contribution < -0.4 is 10.2 Å². The summed E-state index contributed by atoms with van der Waals surface area (Å²) in [7, 11) is 0. The standard InChI is InChI=1S/C17H17N3O5/c1-2-25-16-9-13(5-8-15(16)21)11-18-19-17(22)10-12-3-6-14(7-4-12)20(23)24/h3-9,11,21H,2,10H2,1H3,(H,19,22)/b18-11-. The van der Waals surface area contributed by atoms with E-state index < -0.39 is 4.92 Å². The summed E-state index contributed by atoms with van der Waals surface area (Å²) in [6, 6.07) is 10.4. The van der Waals surface area contributed by atoms with Crippen LogP contribution in [0.25, 0.3) is 0 Å². The van der Waals surface area contributed by atoms with Crippen molar-refractivity contribution in [3.8, 4) is 11.5 Å². The number of hydrogen-bond acceptors (Lipinski definition) is 6. The van der Waals surface area contributed by atoms with Crippen LogP contribution in [0.2, 0.25) is 0 Å². The summed E-state index contributed by atoms with van der Waals surface area (Å²) in [6.07, 6.45) is 1.48. The number of phenolic OH excluding ortho intramolecular Hbond substituents is 1. The minimum Gasteiger partial charge on any atom is -0.504 e. The normalized spacial score (nSPS) is 10.6. The van der Waals surface area contributed by atoms with E-state index in [4.69, 9.17) is 4.74 Å². The molecule has 0 heterocycles. The highest BCUT2D eigenvalue weighted by Gasteiger charge is 2.07. The summed E-state index contributed by atoms with van der Waals surface area (Å²) in [4.78, 5) is 21.9. The van der Waals surface area contributed by atoms with Gasteiger partial charge in [-0.3, -0.25) is 14.9 Å². The maximum absolute atomic E-state index is 11.8. The summed E-state index contributed by atoms with van der Waals surface area (Å²) in [5, 5.41) is 24.0. The van der Waals surface area contributed by atoms with Gasteiger partial charge < -0.3 is 9.84 Å². The van der Waals surface area contributed by atoms with Crippen molar-refractivity contribution in [1.82, 2.24) is 5.43 Å². The lowest BCUT2D eigenvalue weighted by Gasteiger charge is -2.06. The number of benzene rings is 2. The SMILES string of the molecule is CCOc1cc(/C=N\NC(=O)Cc2ccc([N+](=O)[O-])cc2)ccc1O. The van der Waals surface area contributed by atoms with Gasteiger partial charge in [0.2, 0.25) is 5.91 Å². The molecule has 8 nitrogen and oxygen atoms in total. The Morgan fingerprint density at radius 1 is 1.32 bits per heavy atom. The average molecular weight is 343 g/mol. The summed E-state index contributed by atoms with van der Waals surface area (Å²) in [5.41, 5.74) is 3.64. The van der Waals surface area contributed by atoms with E-state index in [0.29, 0.717) is 23.5 Å². The zero-order chi connectivity index (χ0) is 18.2. The number of amides is 1. The number of carbonyl (C=O) groups is 1. The molecule has 0 fully saturated rings. The van der Waals surface area contributed by atoms with Crippen molar-refractivity contribution in [3.63, 3.8) is 0 Å². The highest BCUT2D eigenvalue weighted by Crippen LogP contribution is 2.26. The number of nitrogens with zero attached hydrogens (tertiary/aromatic N) is 2. The minimum atomic E-state index is -0.498. The van der Waals surface area contributed by atoms with Crippen LogP contribution >= 0.6 is 0 Å². The zero-order valence-electron chi connectivity index (χ0n) is 13.5. The highest BCUT2D eigenvalue weighted by atomic mass is 16.6. The molecular formula is C17H17N3O5. The lowest BCUT2D eigenvalue weighted by atomic mass is 10.1. The van der Waals surface area contributed by atoms with E-state index in [1.807, 2.05) is 0 Å². The number of hydrazone groups is 1. The fourth-order valence-corrected chi connectivity index (χ4v) is 2.02. The predicted molar refractivity (Wildman–Crippen MR) is 91.8 cm³/mol. The van der Waals surface area contributed by atoms with Gasteiger partial charge in [0.25, 0.3) is 5.69 Å². The largest absolute Gasteiger partial charge is 0.504 e. The monoisotopic (exact) mass is 343 g/mol. The molecule has 0 aliphatic rings. The summed E-state index contributed by atoms with van der Waals surface area (Å²) < 4.78 is 5.26. The van der Waals surface area contributed by atoms with Gasteiger partial charge >= 0.3 is 0 Å². The summed E-state index contributed by atoms with van der Waals surface area (Å²) in [6.45, 7) is 2.22. The third kappa shape index (κ3) is 5.31. The second-order valence-corrected chi connectivity index (χ2v) is 5.05. The molecule has 2 aromatic rings. The Kier molecular flexibility index (Phi) is 6.05. The molecule has 130 valence electrons. The zero-order valence-corrected chi connectivity index (χ0v) is 13.5. The first kappa shape index (κ1) is 17.9. The molecule has 0 spiro atoms. The Balaban J connectivity index is 1.92. The average Bonchev–Trinajstić information content (AvgIpc) is 2.58. The van der Waals surface area contributed by atoms with Gasteiger partial charge in [0.05, 0.1) is 24.2 Å². The molecule has 0 aliphatic heterocycles. The number of ether oxygens (including phenoxy) is 1. The molecule has 2 N–H and O–H groups in total. The molecule has 0 aliphatic carbocycles. The van der Waals surface area contributed by atoms with E-state index in [9.17, 15) is 20.0 Å². The van der Waals surface area contributed by atoms with Crippen molar-refractivity contribution in [2.75, 3.05) is 6.61 Å². The maximum Gasteiger partial charge on any atom is 0.269 e. The van der Waals surface area contributed by atoms with Crippen LogP contribution in [-0.4, -0.2) is 28.8 Å². The molecule has 0 saturated carbocycles. The Bertz CT molecular complexity index is 787. The van der Waals surface area contributed by atoms with Crippen molar-refractivity contribution in [2.24, 2.45) is 5.10 Å². The van der Waals surface area contributed by atoms with Gasteiger partial charge in [-0.2, -0.15) is 5.10 Å². The molecular weight excluding hydrogens is 326 g/mol. The van der Waals surface area contributed by atoms with E-state index in [1.165, 1.54) is 36.5 Å². The number of aromatic hydroxyl groups is 1. The van der Waals surface area contributed by atoms with Crippen molar-refractivity contribution in [1.29, 1.82) is 0 Å². The Morgan fingerprint density at radius 3 is 2.68 bits per heavy atom. The van der Waals surface area contributed by atoms with Gasteiger partial charge in [-0.15, -0.1) is 0 Å². The molecule has 0 radical (unpaired) electrons. The van der Waals surface area contributed by atoms with Gasteiger partial charge in [-0.1, -0.05) is 12.1 Å². The van der Waals surface area contributed by atoms with Crippen molar-refractivity contribution < 1.29 is 19.6 Å². The van der Waals surface area contributed by atoms with Gasteiger partial charge in [0.15, 0.2) is 11.5 Å². The van der Waals surface area contributed by atoms with Gasteiger partial charge in [-0.25, -0.2) is 5.43 Å². The highest BCUT2D eigenvalue weighted by molar-refractivity contribution is 5.84. The van der Waals surface area contributed by atoms with Gasteiger partial charge in [0.1, 0.15) is 0 Å². The molecule has 0 atom stereocenters. The second kappa shape index (κ2) is 8.44. The quantitative estimate of drug-likeness (QED) is 0.455. The lowest BCUT2D eigenvalue weighted by molar-refractivity contribution is -0.384. The Labute approximate surface area is 143 Å². The number of nitro benzene ring substituents is 1. The van der Waals surface area contributed by atoms with E-state index in [-0.39, 0.29) is 23.8 Å². The van der Waals surface area contributed by atoms with E-state index in [2.05, 4.69) is 10.5 Å². The van der Waals surface area contributed by atoms with Crippen molar-refractivity contribution in [3.05, 3.63) is 63.7 Å².